The van der Waals surface area contributed by atoms with Crippen LogP contribution in [0.1, 0.15) is 12.5 Å². The van der Waals surface area contributed by atoms with Crippen molar-refractivity contribution in [1.29, 1.82) is 0 Å². The number of alkyl halides is 3. The molecular weight excluding hydrogens is 403 g/mol. The number of rotatable bonds is 7. The normalized spacial score (nSPS) is 12.0. The molecule has 154 valence electrons. The molecule has 1 heterocycles. The van der Waals surface area contributed by atoms with Crippen molar-refractivity contribution in [3.8, 4) is 11.3 Å². The van der Waals surface area contributed by atoms with Crippen molar-refractivity contribution < 1.29 is 21.6 Å². The summed E-state index contributed by atoms with van der Waals surface area (Å²) in [5, 5.41) is 0. The predicted octanol–water partition coefficient (Wildman–Crippen LogP) is 4.97. The van der Waals surface area contributed by atoms with Crippen LogP contribution in [0.3, 0.4) is 0 Å². The first-order chi connectivity index (χ1) is 13.7. The van der Waals surface area contributed by atoms with Gasteiger partial charge in [-0.1, -0.05) is 42.5 Å². The Hall–Kier alpha value is -2.94. The number of nitrogens with zero attached hydrogens (tertiary/aromatic N) is 1. The van der Waals surface area contributed by atoms with Gasteiger partial charge in [0.1, 0.15) is 5.82 Å². The number of halogens is 3. The molecule has 3 aromatic rings. The van der Waals surface area contributed by atoms with Crippen molar-refractivity contribution in [2.75, 3.05) is 16.2 Å². The number of aromatic nitrogens is 1. The summed E-state index contributed by atoms with van der Waals surface area (Å²) in [6.07, 6.45) is 0. The van der Waals surface area contributed by atoms with Crippen molar-refractivity contribution in [2.24, 2.45) is 0 Å². The molecule has 5 nitrogen and oxygen atoms in total. The average Bonchev–Trinajstić information content (AvgIpc) is 3.16. The minimum absolute atomic E-state index is 0.160. The number of nitrogens with one attached hydrogen (secondary N) is 2. The Bertz CT molecular complexity index is 1060. The van der Waals surface area contributed by atoms with Gasteiger partial charge in [-0.05, 0) is 36.8 Å². The van der Waals surface area contributed by atoms with Crippen LogP contribution in [0.5, 0.6) is 0 Å². The van der Waals surface area contributed by atoms with Crippen LogP contribution in [0.25, 0.3) is 11.3 Å². The smallest absolute Gasteiger partial charge is 0.354 e. The van der Waals surface area contributed by atoms with Crippen LogP contribution in [0.2, 0.25) is 0 Å². The van der Waals surface area contributed by atoms with Crippen LogP contribution in [0.4, 0.5) is 24.7 Å². The molecule has 0 radical (unpaired) electrons. The fourth-order valence-corrected chi connectivity index (χ4v) is 3.42. The Morgan fingerprint density at radius 1 is 1.00 bits per heavy atom. The van der Waals surface area contributed by atoms with Crippen LogP contribution in [0.15, 0.2) is 66.7 Å². The first kappa shape index (κ1) is 20.8. The van der Waals surface area contributed by atoms with Gasteiger partial charge in [-0.3, -0.25) is 4.72 Å². The standard InChI is InChI=1S/C20H20F3N3O2S/c1-2-26(14-15-7-4-3-5-8-15)19-12-11-18(24-19)16-9-6-10-17(13-16)25-29(27,28)20(21,22)23/h3-13,24-25H,2,14H2,1H3. The third-order valence-electron chi connectivity index (χ3n) is 4.34. The molecule has 2 N–H and O–H groups in total. The molecule has 0 saturated heterocycles. The molecule has 0 aliphatic heterocycles. The molecule has 2 aromatic carbocycles. The summed E-state index contributed by atoms with van der Waals surface area (Å²) in [7, 11) is -5.46. The fourth-order valence-electron chi connectivity index (χ4n) is 2.87. The number of anilines is 2. The van der Waals surface area contributed by atoms with Crippen LogP contribution < -0.4 is 9.62 Å². The highest BCUT2D eigenvalue weighted by molar-refractivity contribution is 7.93. The maximum Gasteiger partial charge on any atom is 0.516 e. The van der Waals surface area contributed by atoms with E-state index in [1.807, 2.05) is 43.3 Å². The maximum absolute atomic E-state index is 12.6. The van der Waals surface area contributed by atoms with E-state index in [4.69, 9.17) is 0 Å². The predicted molar refractivity (Wildman–Crippen MR) is 108 cm³/mol. The number of aromatic amines is 1. The van der Waals surface area contributed by atoms with Gasteiger partial charge in [0.2, 0.25) is 0 Å². The van der Waals surface area contributed by atoms with Crippen LogP contribution in [0, 0.1) is 0 Å². The molecule has 9 heteroatoms. The van der Waals surface area contributed by atoms with Gasteiger partial charge in [0.15, 0.2) is 0 Å². The van der Waals surface area contributed by atoms with Crippen molar-refractivity contribution in [3.05, 3.63) is 72.3 Å². The zero-order valence-electron chi connectivity index (χ0n) is 15.6. The van der Waals surface area contributed by atoms with E-state index in [9.17, 15) is 21.6 Å². The molecule has 0 amide bonds. The number of hydrogen-bond acceptors (Lipinski definition) is 3. The highest BCUT2D eigenvalue weighted by Crippen LogP contribution is 2.29. The van der Waals surface area contributed by atoms with Gasteiger partial charge in [0.05, 0.1) is 0 Å². The lowest BCUT2D eigenvalue weighted by molar-refractivity contribution is -0.0429. The minimum Gasteiger partial charge on any atom is -0.354 e. The van der Waals surface area contributed by atoms with Crippen molar-refractivity contribution in [2.45, 2.75) is 19.0 Å². The van der Waals surface area contributed by atoms with E-state index in [1.165, 1.54) is 18.2 Å². The van der Waals surface area contributed by atoms with Gasteiger partial charge in [-0.2, -0.15) is 21.6 Å². The lowest BCUT2D eigenvalue weighted by Gasteiger charge is -2.21. The van der Waals surface area contributed by atoms with E-state index in [0.717, 1.165) is 17.9 Å². The number of sulfonamides is 1. The third kappa shape index (κ3) is 4.92. The molecular formula is C20H20F3N3O2S. The highest BCUT2D eigenvalue weighted by atomic mass is 32.2. The van der Waals surface area contributed by atoms with Crippen LogP contribution in [-0.2, 0) is 16.6 Å². The molecule has 0 bridgehead atoms. The van der Waals surface area contributed by atoms with Gasteiger partial charge < -0.3 is 9.88 Å². The minimum atomic E-state index is -5.46. The van der Waals surface area contributed by atoms with Gasteiger partial charge in [-0.15, -0.1) is 0 Å². The first-order valence-corrected chi connectivity index (χ1v) is 10.4. The van der Waals surface area contributed by atoms with Crippen molar-refractivity contribution in [1.82, 2.24) is 4.98 Å². The van der Waals surface area contributed by atoms with Crippen molar-refractivity contribution >= 4 is 21.5 Å². The Kier molecular flexibility index (Phi) is 5.88. The van der Waals surface area contributed by atoms with Crippen LogP contribution >= 0.6 is 0 Å². The lowest BCUT2D eigenvalue weighted by Crippen LogP contribution is -2.29. The van der Waals surface area contributed by atoms with Gasteiger partial charge in [0.25, 0.3) is 0 Å². The van der Waals surface area contributed by atoms with Crippen LogP contribution in [-0.4, -0.2) is 25.5 Å². The molecule has 3 rings (SSSR count). The van der Waals surface area contributed by atoms with E-state index in [1.54, 1.807) is 16.9 Å². The second-order valence-electron chi connectivity index (χ2n) is 6.39. The SMILES string of the molecule is CCN(Cc1ccccc1)c1ccc(-c2cccc(NS(=O)(=O)C(F)(F)F)c2)[nH]1. The summed E-state index contributed by atoms with van der Waals surface area (Å²) in [4.78, 5) is 5.37. The molecule has 0 spiro atoms. The second-order valence-corrected chi connectivity index (χ2v) is 8.06. The summed E-state index contributed by atoms with van der Waals surface area (Å²) < 4.78 is 62.0. The van der Waals surface area contributed by atoms with Gasteiger partial charge in [0, 0.05) is 30.0 Å². The maximum atomic E-state index is 12.6. The molecule has 0 unspecified atom stereocenters. The van der Waals surface area contributed by atoms with E-state index in [0.29, 0.717) is 17.8 Å². The topological polar surface area (TPSA) is 65.2 Å². The summed E-state index contributed by atoms with van der Waals surface area (Å²) in [6, 6.07) is 19.4. The number of hydrogen-bond donors (Lipinski definition) is 2. The average molecular weight is 423 g/mol. The Balaban J connectivity index is 1.81. The lowest BCUT2D eigenvalue weighted by atomic mass is 10.1. The monoisotopic (exact) mass is 423 g/mol. The molecule has 0 aliphatic rings. The summed E-state index contributed by atoms with van der Waals surface area (Å²) in [5.41, 5.74) is -3.16. The zero-order chi connectivity index (χ0) is 21.1. The van der Waals surface area contributed by atoms with Crippen molar-refractivity contribution in [3.63, 3.8) is 0 Å². The second kappa shape index (κ2) is 8.20. The number of benzene rings is 2. The summed E-state index contributed by atoms with van der Waals surface area (Å²) >= 11 is 0. The summed E-state index contributed by atoms with van der Waals surface area (Å²) in [5.74, 6) is 0.854. The first-order valence-electron chi connectivity index (χ1n) is 8.87. The Labute approximate surface area is 167 Å². The van der Waals surface area contributed by atoms with E-state index >= 15 is 0 Å². The van der Waals surface area contributed by atoms with E-state index in [2.05, 4.69) is 9.88 Å². The zero-order valence-corrected chi connectivity index (χ0v) is 16.4. The quantitative estimate of drug-likeness (QED) is 0.564. The van der Waals surface area contributed by atoms with Gasteiger partial charge in [-0.25, -0.2) is 0 Å². The molecule has 0 atom stereocenters. The molecule has 1 aromatic heterocycles. The molecule has 0 fully saturated rings. The summed E-state index contributed by atoms with van der Waals surface area (Å²) in [6.45, 7) is 3.47. The highest BCUT2D eigenvalue weighted by Gasteiger charge is 2.46. The Morgan fingerprint density at radius 3 is 2.38 bits per heavy atom. The van der Waals surface area contributed by atoms with E-state index < -0.39 is 15.5 Å². The van der Waals surface area contributed by atoms with E-state index in [-0.39, 0.29) is 5.69 Å². The Morgan fingerprint density at radius 2 is 1.72 bits per heavy atom. The number of H-pyrrole nitrogens is 1. The van der Waals surface area contributed by atoms with Gasteiger partial charge >= 0.3 is 15.5 Å². The fraction of sp³-hybridized carbons (Fsp3) is 0.200. The third-order valence-corrected chi connectivity index (χ3v) is 5.45. The molecule has 29 heavy (non-hydrogen) atoms. The largest absolute Gasteiger partial charge is 0.516 e. The molecule has 0 aliphatic carbocycles. The molecule has 0 saturated carbocycles.